The monoisotopic (exact) mass is 595 g/mol. The van der Waals surface area contributed by atoms with Gasteiger partial charge in [-0.15, -0.1) is 22.7 Å². The lowest BCUT2D eigenvalue weighted by molar-refractivity contribution is -0.0646. The third kappa shape index (κ3) is 6.13. The van der Waals surface area contributed by atoms with Crippen LogP contribution in [-0.4, -0.2) is 20.2 Å². The summed E-state index contributed by atoms with van der Waals surface area (Å²) < 4.78 is 22.1. The molecule has 34 heavy (non-hydrogen) atoms. The first-order valence-corrected chi connectivity index (χ1v) is 13.6. The Labute approximate surface area is 222 Å². The molecule has 0 fully saturated rings. The third-order valence-electron chi connectivity index (χ3n) is 4.25. The molecule has 0 spiro atoms. The standard InChI is InChI=1S/C20H12Cl4N2O5PS2/c21-11-3-1-9(5-13(11)23)17-25-15(7-33-17)19(27)30-32(29)31-20(28)16-8-34-18(26-16)10-2-4-12(22)14(24)6-10/h1-8,19-20,27-28H/q+1. The van der Waals surface area contributed by atoms with Crippen LogP contribution >= 0.6 is 77.3 Å². The predicted molar refractivity (Wildman–Crippen MR) is 135 cm³/mol. The average Bonchev–Trinajstić information content (AvgIpc) is 3.48. The molecule has 0 saturated carbocycles. The molecule has 14 heteroatoms. The number of hydrogen-bond donors (Lipinski definition) is 2. The van der Waals surface area contributed by atoms with E-state index in [0.717, 1.165) is 0 Å². The first-order chi connectivity index (χ1) is 16.2. The van der Waals surface area contributed by atoms with E-state index in [9.17, 15) is 14.8 Å². The highest BCUT2D eigenvalue weighted by molar-refractivity contribution is 7.33. The number of hydrogen-bond acceptors (Lipinski definition) is 9. The minimum Gasteiger partial charge on any atom is -0.359 e. The van der Waals surface area contributed by atoms with E-state index in [4.69, 9.17) is 55.5 Å². The number of thiazole rings is 2. The van der Waals surface area contributed by atoms with Crippen LogP contribution in [0.3, 0.4) is 0 Å². The first kappa shape index (κ1) is 25.9. The highest BCUT2D eigenvalue weighted by atomic mass is 35.5. The molecule has 2 aromatic heterocycles. The van der Waals surface area contributed by atoms with Gasteiger partial charge in [-0.25, -0.2) is 9.97 Å². The highest BCUT2D eigenvalue weighted by Crippen LogP contribution is 2.39. The fraction of sp³-hybridized carbons (Fsp3) is 0.100. The van der Waals surface area contributed by atoms with Gasteiger partial charge in [0.25, 0.3) is 12.6 Å². The largest absolute Gasteiger partial charge is 0.703 e. The molecule has 4 aromatic rings. The Balaban J connectivity index is 1.37. The molecular formula is C20H12Cl4N2O5PS2+. The van der Waals surface area contributed by atoms with Gasteiger partial charge in [0, 0.05) is 26.5 Å². The van der Waals surface area contributed by atoms with Crippen LogP contribution in [0.4, 0.5) is 0 Å². The minimum atomic E-state index is -2.91. The second kappa shape index (κ2) is 11.2. The maximum atomic E-state index is 12.2. The molecule has 2 aromatic carbocycles. The van der Waals surface area contributed by atoms with Crippen molar-refractivity contribution < 1.29 is 23.8 Å². The number of aliphatic hydroxyl groups excluding tert-OH is 2. The van der Waals surface area contributed by atoms with Crippen LogP contribution in [0.5, 0.6) is 0 Å². The zero-order valence-corrected chi connectivity index (χ0v) is 22.1. The lowest BCUT2D eigenvalue weighted by Crippen LogP contribution is -2.03. The normalized spacial score (nSPS) is 13.6. The molecule has 0 aliphatic carbocycles. The van der Waals surface area contributed by atoms with Gasteiger partial charge in [0.2, 0.25) is 0 Å². The van der Waals surface area contributed by atoms with Crippen molar-refractivity contribution in [1.82, 2.24) is 9.97 Å². The molecule has 0 radical (unpaired) electrons. The van der Waals surface area contributed by atoms with Gasteiger partial charge < -0.3 is 10.2 Å². The number of halogens is 4. The van der Waals surface area contributed by atoms with E-state index >= 15 is 0 Å². The van der Waals surface area contributed by atoms with Crippen LogP contribution in [-0.2, 0) is 13.6 Å². The van der Waals surface area contributed by atoms with Crippen LogP contribution in [0.25, 0.3) is 21.1 Å². The van der Waals surface area contributed by atoms with Gasteiger partial charge >= 0.3 is 8.25 Å². The van der Waals surface area contributed by atoms with Crippen molar-refractivity contribution in [2.45, 2.75) is 12.6 Å². The van der Waals surface area contributed by atoms with Crippen molar-refractivity contribution in [3.63, 3.8) is 0 Å². The molecular weight excluding hydrogens is 585 g/mol. The van der Waals surface area contributed by atoms with E-state index < -0.39 is 20.8 Å². The molecule has 7 nitrogen and oxygen atoms in total. The van der Waals surface area contributed by atoms with Crippen molar-refractivity contribution in [1.29, 1.82) is 0 Å². The van der Waals surface area contributed by atoms with E-state index in [1.54, 1.807) is 36.4 Å². The van der Waals surface area contributed by atoms with Crippen molar-refractivity contribution in [2.24, 2.45) is 0 Å². The third-order valence-corrected chi connectivity index (χ3v) is 8.30. The van der Waals surface area contributed by atoms with Crippen LogP contribution in [0.15, 0.2) is 47.2 Å². The molecule has 4 rings (SSSR count). The lowest BCUT2D eigenvalue weighted by atomic mass is 10.2. The van der Waals surface area contributed by atoms with E-state index in [0.29, 0.717) is 41.2 Å². The number of aliphatic hydroxyl groups is 2. The average molecular weight is 597 g/mol. The topological polar surface area (TPSA) is 102 Å². The van der Waals surface area contributed by atoms with Gasteiger partial charge in [0.05, 0.1) is 20.1 Å². The number of benzene rings is 2. The summed E-state index contributed by atoms with van der Waals surface area (Å²) in [7, 11) is -2.91. The Bertz CT molecular complexity index is 1250. The summed E-state index contributed by atoms with van der Waals surface area (Å²) in [5.41, 5.74) is 1.61. The van der Waals surface area contributed by atoms with Crippen molar-refractivity contribution >= 4 is 77.3 Å². The molecule has 2 heterocycles. The first-order valence-electron chi connectivity index (χ1n) is 9.20. The van der Waals surface area contributed by atoms with Gasteiger partial charge in [-0.05, 0) is 24.3 Å². The fourth-order valence-electron chi connectivity index (χ4n) is 2.62. The molecule has 176 valence electrons. The van der Waals surface area contributed by atoms with Gasteiger partial charge in [0.1, 0.15) is 21.4 Å². The van der Waals surface area contributed by atoms with Gasteiger partial charge in [-0.2, -0.15) is 0 Å². The van der Waals surface area contributed by atoms with Gasteiger partial charge in [-0.1, -0.05) is 67.6 Å². The van der Waals surface area contributed by atoms with Gasteiger partial charge in [-0.3, -0.25) is 0 Å². The second-order valence-corrected chi connectivity index (χ2v) is 10.8. The Morgan fingerprint density at radius 2 is 1.15 bits per heavy atom. The maximum Gasteiger partial charge on any atom is 0.703 e. The minimum absolute atomic E-state index is 0.114. The lowest BCUT2D eigenvalue weighted by Gasteiger charge is -2.02. The van der Waals surface area contributed by atoms with E-state index in [-0.39, 0.29) is 11.4 Å². The van der Waals surface area contributed by atoms with Crippen molar-refractivity contribution in [2.75, 3.05) is 0 Å². The molecule has 0 aliphatic heterocycles. The Morgan fingerprint density at radius 3 is 1.53 bits per heavy atom. The summed E-state index contributed by atoms with van der Waals surface area (Å²) in [6.45, 7) is 0. The van der Waals surface area contributed by atoms with Crippen molar-refractivity contribution in [3.05, 3.63) is 78.6 Å². The zero-order valence-electron chi connectivity index (χ0n) is 16.6. The summed E-state index contributed by atoms with van der Waals surface area (Å²) in [6, 6.07) is 9.99. The van der Waals surface area contributed by atoms with Crippen LogP contribution in [0.2, 0.25) is 20.1 Å². The Hall–Kier alpha value is -1.20. The SMILES string of the molecule is O=[P+](OC(O)c1csc(-c2ccc(Cl)c(Cl)c2)n1)OC(O)c1csc(-c2ccc(Cl)c(Cl)c2)n1. The molecule has 2 atom stereocenters. The number of rotatable bonds is 8. The molecule has 0 bridgehead atoms. The smallest absolute Gasteiger partial charge is 0.359 e. The van der Waals surface area contributed by atoms with Crippen molar-refractivity contribution in [3.8, 4) is 21.1 Å². The zero-order chi connectivity index (χ0) is 24.4. The quantitative estimate of drug-likeness (QED) is 0.157. The molecule has 0 saturated heterocycles. The Kier molecular flexibility index (Phi) is 8.56. The van der Waals surface area contributed by atoms with E-state index in [2.05, 4.69) is 9.97 Å². The maximum absolute atomic E-state index is 12.2. The van der Waals surface area contributed by atoms with Crippen LogP contribution < -0.4 is 0 Å². The predicted octanol–water partition coefficient (Wildman–Crippen LogP) is 7.92. The molecule has 0 aliphatic rings. The Morgan fingerprint density at radius 1 is 0.735 bits per heavy atom. The summed E-state index contributed by atoms with van der Waals surface area (Å²) in [5, 5.41) is 26.2. The summed E-state index contributed by atoms with van der Waals surface area (Å²) >= 11 is 26.3. The van der Waals surface area contributed by atoms with Crippen LogP contribution in [0.1, 0.15) is 24.0 Å². The molecule has 0 amide bonds. The van der Waals surface area contributed by atoms with Crippen LogP contribution in [0, 0.1) is 0 Å². The molecule has 2 N–H and O–H groups in total. The number of aromatic nitrogens is 2. The summed E-state index contributed by atoms with van der Waals surface area (Å²) in [5.74, 6) is 0. The van der Waals surface area contributed by atoms with E-state index in [1.807, 2.05) is 0 Å². The van der Waals surface area contributed by atoms with Gasteiger partial charge in [0.15, 0.2) is 0 Å². The van der Waals surface area contributed by atoms with E-state index in [1.165, 1.54) is 33.4 Å². The summed E-state index contributed by atoms with van der Waals surface area (Å²) in [6.07, 6.45) is -3.29. The fourth-order valence-corrected chi connectivity index (χ4v) is 5.45. The summed E-state index contributed by atoms with van der Waals surface area (Å²) in [4.78, 5) is 8.51. The second-order valence-electron chi connectivity index (χ2n) is 6.55. The highest BCUT2D eigenvalue weighted by Gasteiger charge is 2.34. The molecule has 2 unspecified atom stereocenters. The number of nitrogens with zero attached hydrogens (tertiary/aromatic N) is 2.